The summed E-state index contributed by atoms with van der Waals surface area (Å²) in [5, 5.41) is 5.53. The van der Waals surface area contributed by atoms with Gasteiger partial charge in [-0.05, 0) is 12.1 Å². The topological polar surface area (TPSA) is 88.6 Å². The molecule has 2 aromatic rings. The zero-order valence-corrected chi connectivity index (χ0v) is 15.9. The first kappa shape index (κ1) is 19.9. The zero-order chi connectivity index (χ0) is 19.1. The summed E-state index contributed by atoms with van der Waals surface area (Å²) >= 11 is 7.36. The SMILES string of the molecule is CNC(=O)CN(C)C(=O)COC(=O)Cc1csc(-c2cccc(Cl)c2)n1. The monoisotopic (exact) mass is 395 g/mol. The van der Waals surface area contributed by atoms with Crippen LogP contribution in [0, 0.1) is 0 Å². The number of aromatic nitrogens is 1. The molecule has 0 aliphatic rings. The molecule has 0 fully saturated rings. The Kier molecular flexibility index (Phi) is 7.11. The van der Waals surface area contributed by atoms with Crippen molar-refractivity contribution >= 4 is 40.7 Å². The number of halogens is 1. The minimum absolute atomic E-state index is 0.0382. The molecule has 1 heterocycles. The highest BCUT2D eigenvalue weighted by molar-refractivity contribution is 7.13. The highest BCUT2D eigenvalue weighted by atomic mass is 35.5. The van der Waals surface area contributed by atoms with E-state index in [0.717, 1.165) is 10.6 Å². The van der Waals surface area contributed by atoms with Crippen LogP contribution >= 0.6 is 22.9 Å². The van der Waals surface area contributed by atoms with E-state index in [1.165, 1.54) is 30.3 Å². The lowest BCUT2D eigenvalue weighted by Gasteiger charge is -2.15. The number of rotatable bonds is 7. The van der Waals surface area contributed by atoms with Crippen molar-refractivity contribution < 1.29 is 19.1 Å². The number of hydrogen-bond acceptors (Lipinski definition) is 6. The number of esters is 1. The molecular formula is C17H18ClN3O4S. The fourth-order valence-electron chi connectivity index (χ4n) is 1.98. The van der Waals surface area contributed by atoms with Crippen LogP contribution < -0.4 is 5.32 Å². The largest absolute Gasteiger partial charge is 0.455 e. The van der Waals surface area contributed by atoms with Gasteiger partial charge in [-0.3, -0.25) is 14.4 Å². The van der Waals surface area contributed by atoms with E-state index in [9.17, 15) is 14.4 Å². The Morgan fingerprint density at radius 1 is 1.35 bits per heavy atom. The third-order valence-electron chi connectivity index (χ3n) is 3.39. The van der Waals surface area contributed by atoms with E-state index >= 15 is 0 Å². The summed E-state index contributed by atoms with van der Waals surface area (Å²) in [6.07, 6.45) is -0.0382. The summed E-state index contributed by atoms with van der Waals surface area (Å²) in [5.41, 5.74) is 1.43. The van der Waals surface area contributed by atoms with E-state index in [4.69, 9.17) is 16.3 Å². The van der Waals surface area contributed by atoms with Gasteiger partial charge in [-0.15, -0.1) is 11.3 Å². The van der Waals surface area contributed by atoms with Gasteiger partial charge in [-0.1, -0.05) is 23.7 Å². The molecule has 9 heteroatoms. The normalized spacial score (nSPS) is 10.3. The second-order valence-electron chi connectivity index (χ2n) is 5.41. The molecule has 0 aliphatic heterocycles. The lowest BCUT2D eigenvalue weighted by atomic mass is 10.2. The van der Waals surface area contributed by atoms with Crippen molar-refractivity contribution in [3.8, 4) is 10.6 Å². The predicted octanol–water partition coefficient (Wildman–Crippen LogP) is 1.75. The molecule has 7 nitrogen and oxygen atoms in total. The first-order valence-electron chi connectivity index (χ1n) is 7.69. The minimum atomic E-state index is -0.561. The lowest BCUT2D eigenvalue weighted by molar-refractivity contribution is -0.151. The lowest BCUT2D eigenvalue weighted by Crippen LogP contribution is -2.39. The van der Waals surface area contributed by atoms with Crippen LogP contribution in [-0.4, -0.2) is 54.9 Å². The van der Waals surface area contributed by atoms with Crippen molar-refractivity contribution in [3.05, 3.63) is 40.4 Å². The van der Waals surface area contributed by atoms with Gasteiger partial charge in [0.1, 0.15) is 5.01 Å². The number of nitrogens with zero attached hydrogens (tertiary/aromatic N) is 2. The van der Waals surface area contributed by atoms with Crippen LogP contribution in [0.4, 0.5) is 0 Å². The predicted molar refractivity (Wildman–Crippen MR) is 98.9 cm³/mol. The van der Waals surface area contributed by atoms with Crippen molar-refractivity contribution in [1.82, 2.24) is 15.2 Å². The molecule has 0 unspecified atom stereocenters. The molecule has 0 spiro atoms. The molecule has 26 heavy (non-hydrogen) atoms. The second-order valence-corrected chi connectivity index (χ2v) is 6.71. The van der Waals surface area contributed by atoms with Crippen LogP contribution in [0.15, 0.2) is 29.6 Å². The molecular weight excluding hydrogens is 378 g/mol. The number of ether oxygens (including phenoxy) is 1. The molecule has 2 rings (SSSR count). The molecule has 0 radical (unpaired) electrons. The van der Waals surface area contributed by atoms with E-state index in [-0.39, 0.29) is 18.9 Å². The highest BCUT2D eigenvalue weighted by Gasteiger charge is 2.16. The van der Waals surface area contributed by atoms with E-state index in [2.05, 4.69) is 10.3 Å². The van der Waals surface area contributed by atoms with Gasteiger partial charge >= 0.3 is 5.97 Å². The standard InChI is InChI=1S/C17H18ClN3O4S/c1-19-14(22)8-21(2)15(23)9-25-16(24)7-13-10-26-17(20-13)11-4-3-5-12(18)6-11/h3-6,10H,7-9H2,1-2H3,(H,19,22). The van der Waals surface area contributed by atoms with Gasteiger partial charge in [0.05, 0.1) is 18.7 Å². The maximum absolute atomic E-state index is 11.9. The Morgan fingerprint density at radius 3 is 2.81 bits per heavy atom. The molecule has 2 amide bonds. The Hall–Kier alpha value is -2.45. The fourth-order valence-corrected chi connectivity index (χ4v) is 2.98. The van der Waals surface area contributed by atoms with Crippen molar-refractivity contribution in [2.24, 2.45) is 0 Å². The number of carbonyl (C=O) groups excluding carboxylic acids is 3. The number of amides is 2. The van der Waals surface area contributed by atoms with Crippen molar-refractivity contribution in [3.63, 3.8) is 0 Å². The third kappa shape index (κ3) is 5.82. The van der Waals surface area contributed by atoms with Gasteiger partial charge in [0.25, 0.3) is 5.91 Å². The average Bonchev–Trinajstić information content (AvgIpc) is 3.07. The Morgan fingerprint density at radius 2 is 2.12 bits per heavy atom. The van der Waals surface area contributed by atoms with Gasteiger partial charge in [0, 0.05) is 30.1 Å². The summed E-state index contributed by atoms with van der Waals surface area (Å²) in [6, 6.07) is 7.28. The third-order valence-corrected chi connectivity index (χ3v) is 4.57. The number of nitrogens with one attached hydrogen (secondary N) is 1. The Labute approximate surface area is 159 Å². The Balaban J connectivity index is 1.85. The fraction of sp³-hybridized carbons (Fsp3) is 0.294. The van der Waals surface area contributed by atoms with Crippen molar-refractivity contribution in [2.45, 2.75) is 6.42 Å². The smallest absolute Gasteiger partial charge is 0.312 e. The quantitative estimate of drug-likeness (QED) is 0.721. The van der Waals surface area contributed by atoms with E-state index in [1.54, 1.807) is 17.5 Å². The van der Waals surface area contributed by atoms with Gasteiger partial charge in [0.15, 0.2) is 6.61 Å². The molecule has 0 bridgehead atoms. The molecule has 0 aliphatic carbocycles. The van der Waals surface area contributed by atoms with Gasteiger partial charge in [-0.2, -0.15) is 0 Å². The summed E-state index contributed by atoms with van der Waals surface area (Å²) in [4.78, 5) is 40.5. The summed E-state index contributed by atoms with van der Waals surface area (Å²) in [6.45, 7) is -0.514. The van der Waals surface area contributed by atoms with Crippen molar-refractivity contribution in [2.75, 3.05) is 27.2 Å². The number of benzene rings is 1. The minimum Gasteiger partial charge on any atom is -0.455 e. The van der Waals surface area contributed by atoms with Crippen LogP contribution in [0.25, 0.3) is 10.6 Å². The molecule has 1 aromatic heterocycles. The number of thiazole rings is 1. The van der Waals surface area contributed by atoms with Crippen LogP contribution in [0.5, 0.6) is 0 Å². The van der Waals surface area contributed by atoms with Crippen LogP contribution in [-0.2, 0) is 25.5 Å². The molecule has 1 N–H and O–H groups in total. The molecule has 0 atom stereocenters. The van der Waals surface area contributed by atoms with Crippen LogP contribution in [0.1, 0.15) is 5.69 Å². The summed E-state index contributed by atoms with van der Waals surface area (Å²) in [7, 11) is 2.94. The number of likely N-dealkylation sites (N-methyl/N-ethyl adjacent to an activating group) is 2. The molecule has 0 saturated carbocycles. The van der Waals surface area contributed by atoms with Crippen LogP contribution in [0.3, 0.4) is 0 Å². The molecule has 1 aromatic carbocycles. The summed E-state index contributed by atoms with van der Waals surface area (Å²) < 4.78 is 4.96. The molecule has 0 saturated heterocycles. The highest BCUT2D eigenvalue weighted by Crippen LogP contribution is 2.26. The molecule has 138 valence electrons. The van der Waals surface area contributed by atoms with Gasteiger partial charge in [0.2, 0.25) is 5.91 Å². The Bertz CT molecular complexity index is 809. The maximum atomic E-state index is 11.9. The summed E-state index contributed by atoms with van der Waals surface area (Å²) in [5.74, 6) is -1.32. The number of carbonyl (C=O) groups is 3. The van der Waals surface area contributed by atoms with E-state index in [0.29, 0.717) is 10.7 Å². The first-order chi connectivity index (χ1) is 12.4. The average molecular weight is 396 g/mol. The van der Waals surface area contributed by atoms with Gasteiger partial charge in [-0.25, -0.2) is 4.98 Å². The van der Waals surface area contributed by atoms with E-state index in [1.807, 2.05) is 12.1 Å². The number of hydrogen-bond donors (Lipinski definition) is 1. The van der Waals surface area contributed by atoms with E-state index < -0.39 is 18.5 Å². The zero-order valence-electron chi connectivity index (χ0n) is 14.3. The van der Waals surface area contributed by atoms with Gasteiger partial charge < -0.3 is 15.0 Å². The van der Waals surface area contributed by atoms with Crippen LogP contribution in [0.2, 0.25) is 5.02 Å². The van der Waals surface area contributed by atoms with Crippen molar-refractivity contribution in [1.29, 1.82) is 0 Å². The second kappa shape index (κ2) is 9.30. The first-order valence-corrected chi connectivity index (χ1v) is 8.95. The maximum Gasteiger partial charge on any atom is 0.312 e.